The van der Waals surface area contributed by atoms with Crippen LogP contribution in [0.5, 0.6) is 0 Å². The second kappa shape index (κ2) is 12.7. The van der Waals surface area contributed by atoms with Crippen LogP contribution in [-0.4, -0.2) is 95.7 Å². The molecule has 0 bridgehead atoms. The predicted octanol–water partition coefficient (Wildman–Crippen LogP) is 7.37. The van der Waals surface area contributed by atoms with Gasteiger partial charge in [-0.2, -0.15) is 123 Å². The first-order valence-corrected chi connectivity index (χ1v) is 9.94. The molecule has 0 heterocycles. The molecule has 0 aliphatic rings. The van der Waals surface area contributed by atoms with Crippen molar-refractivity contribution < 1.29 is 162 Å². The fourth-order valence-electron chi connectivity index (χ4n) is 1.68. The Bertz CT molecular complexity index is 1080. The van der Waals surface area contributed by atoms with Gasteiger partial charge in [0.1, 0.15) is 0 Å². The normalized spacial score (nSPS) is 16.7. The summed E-state index contributed by atoms with van der Waals surface area (Å²) in [6.45, 7) is 0. The zero-order valence-corrected chi connectivity index (χ0v) is 20.9. The highest BCUT2D eigenvalue weighted by atomic mass is 19.4. The van der Waals surface area contributed by atoms with E-state index in [2.05, 4.69) is 0 Å². The van der Waals surface area contributed by atoms with Crippen LogP contribution in [0.15, 0.2) is 0 Å². The molecule has 0 spiro atoms. The number of aliphatic hydroxyl groups is 2. The van der Waals surface area contributed by atoms with E-state index in [9.17, 15) is 123 Å². The van der Waals surface area contributed by atoms with Crippen LogP contribution < -0.4 is 0 Å². The maximum absolute atomic E-state index is 13.4. The minimum Gasteiger partial charge on any atom is -0.329 e. The highest BCUT2D eigenvalue weighted by molar-refractivity contribution is 4.82. The van der Waals surface area contributed by atoms with Crippen LogP contribution in [0.3, 0.4) is 0 Å². The summed E-state index contributed by atoms with van der Waals surface area (Å²) in [6, 6.07) is 0. The smallest absolute Gasteiger partial charge is 0.329 e. The van der Waals surface area contributed by atoms with Gasteiger partial charge in [-0.3, -0.25) is 0 Å². The summed E-state index contributed by atoms with van der Waals surface area (Å²) in [4.78, 5) is 0. The van der Waals surface area contributed by atoms with Gasteiger partial charge in [-0.05, 0) is 0 Å². The minimum absolute atomic E-state index is 1.04. The third-order valence-corrected chi connectivity index (χ3v) is 3.93. The highest BCUT2D eigenvalue weighted by Gasteiger charge is 2.81. The van der Waals surface area contributed by atoms with Crippen molar-refractivity contribution in [1.82, 2.24) is 0 Å². The molecular formula is C14H2F28O8. The predicted molar refractivity (Wildman–Crippen MR) is 80.2 cm³/mol. The molecule has 0 rings (SSSR count). The van der Waals surface area contributed by atoms with Gasteiger partial charge in [0.05, 0.1) is 0 Å². The van der Waals surface area contributed by atoms with E-state index in [1.165, 1.54) is 9.47 Å². The van der Waals surface area contributed by atoms with E-state index < -0.39 is 85.5 Å². The van der Waals surface area contributed by atoms with Crippen LogP contribution in [0.2, 0.25) is 0 Å². The average molecular weight is 830 g/mol. The molecule has 0 unspecified atom stereocenters. The van der Waals surface area contributed by atoms with Gasteiger partial charge in [0, 0.05) is 0 Å². The summed E-state index contributed by atoms with van der Waals surface area (Å²) < 4.78 is 370. The van der Waals surface area contributed by atoms with E-state index in [0.29, 0.717) is 0 Å². The van der Waals surface area contributed by atoms with Crippen molar-refractivity contribution in [2.75, 3.05) is 0 Å². The second-order valence-electron chi connectivity index (χ2n) is 7.90. The van der Waals surface area contributed by atoms with Gasteiger partial charge in [-0.1, -0.05) is 0 Å². The molecule has 0 aliphatic carbocycles. The standard InChI is InChI=1S/C14H2F28O8/c15-1(16,43)3(19,20)45-5(23,24)7(27,28)47-9(31,32)11(35,36)49-13(39,40)14(41,42)50-12(37,38)10(33,34)48-8(29,30)6(25,26)46-4(21,22)2(17,18)44/h43-44H. The van der Waals surface area contributed by atoms with Crippen molar-refractivity contribution in [2.45, 2.75) is 85.5 Å². The Kier molecular flexibility index (Phi) is 12.1. The number of alkyl halides is 28. The molecule has 0 radical (unpaired) electrons. The third-order valence-electron chi connectivity index (χ3n) is 3.93. The molecule has 0 aromatic rings. The first kappa shape index (κ1) is 47.7. The van der Waals surface area contributed by atoms with E-state index >= 15 is 0 Å². The van der Waals surface area contributed by atoms with E-state index in [4.69, 9.17) is 10.2 Å². The Hall–Kier alpha value is -2.28. The molecular weight excluding hydrogens is 828 g/mol. The number of hydrogen-bond acceptors (Lipinski definition) is 8. The van der Waals surface area contributed by atoms with Crippen molar-refractivity contribution in [1.29, 1.82) is 0 Å². The number of halogens is 28. The largest absolute Gasteiger partial charge is 0.453 e. The molecule has 50 heavy (non-hydrogen) atoms. The van der Waals surface area contributed by atoms with Crippen LogP contribution in [0.25, 0.3) is 0 Å². The quantitative estimate of drug-likeness (QED) is 0.131. The Labute approximate surface area is 248 Å². The van der Waals surface area contributed by atoms with E-state index in [-0.39, 0.29) is 0 Å². The summed E-state index contributed by atoms with van der Waals surface area (Å²) in [5.74, 6) is 0. The molecule has 0 aromatic carbocycles. The molecule has 36 heteroatoms. The van der Waals surface area contributed by atoms with Crippen LogP contribution in [0.1, 0.15) is 0 Å². The molecule has 0 saturated carbocycles. The molecule has 8 nitrogen and oxygen atoms in total. The molecule has 0 aliphatic heterocycles. The lowest BCUT2D eigenvalue weighted by molar-refractivity contribution is -0.598. The Morgan fingerprint density at radius 3 is 0.340 bits per heavy atom. The number of rotatable bonds is 19. The van der Waals surface area contributed by atoms with E-state index in [0.717, 1.165) is 18.9 Å². The summed E-state index contributed by atoms with van der Waals surface area (Å²) in [5.41, 5.74) is 0. The fraction of sp³-hybridized carbons (Fsp3) is 1.00. The molecule has 2 N–H and O–H groups in total. The highest BCUT2D eigenvalue weighted by Crippen LogP contribution is 2.54. The van der Waals surface area contributed by atoms with Crippen LogP contribution >= 0.6 is 0 Å². The van der Waals surface area contributed by atoms with Gasteiger partial charge < -0.3 is 10.2 Å². The maximum Gasteiger partial charge on any atom is 0.453 e. The lowest BCUT2D eigenvalue weighted by atomic mass is 10.4. The van der Waals surface area contributed by atoms with Gasteiger partial charge >= 0.3 is 85.5 Å². The monoisotopic (exact) mass is 830 g/mol. The van der Waals surface area contributed by atoms with Gasteiger partial charge in [0.25, 0.3) is 0 Å². The molecule has 0 atom stereocenters. The average Bonchev–Trinajstić information content (AvgIpc) is 2.72. The lowest BCUT2D eigenvalue weighted by Crippen LogP contribution is -2.62. The van der Waals surface area contributed by atoms with E-state index in [1.807, 2.05) is 0 Å². The lowest BCUT2D eigenvalue weighted by Gasteiger charge is -2.37. The molecule has 0 aromatic heterocycles. The van der Waals surface area contributed by atoms with Crippen LogP contribution in [0, 0.1) is 0 Å². The summed E-state index contributed by atoms with van der Waals surface area (Å²) in [5, 5.41) is 15.0. The zero-order valence-electron chi connectivity index (χ0n) is 20.9. The fourth-order valence-corrected chi connectivity index (χ4v) is 1.68. The number of hydrogen-bond donors (Lipinski definition) is 2. The summed E-state index contributed by atoms with van der Waals surface area (Å²) in [7, 11) is 0. The molecule has 0 fully saturated rings. The first-order valence-electron chi connectivity index (χ1n) is 9.94. The third kappa shape index (κ3) is 9.77. The van der Waals surface area contributed by atoms with Crippen molar-refractivity contribution in [3.05, 3.63) is 0 Å². The topological polar surface area (TPSA) is 95.8 Å². The summed E-state index contributed by atoms with van der Waals surface area (Å²) >= 11 is 0. The Morgan fingerprint density at radius 2 is 0.260 bits per heavy atom. The van der Waals surface area contributed by atoms with Crippen molar-refractivity contribution in [3.63, 3.8) is 0 Å². The maximum atomic E-state index is 13.4. The van der Waals surface area contributed by atoms with E-state index in [1.54, 1.807) is 0 Å². The Balaban J connectivity index is 6.33. The van der Waals surface area contributed by atoms with Crippen molar-refractivity contribution in [2.24, 2.45) is 0 Å². The van der Waals surface area contributed by atoms with Gasteiger partial charge in [-0.25, -0.2) is 28.4 Å². The van der Waals surface area contributed by atoms with Crippen molar-refractivity contribution >= 4 is 0 Å². The van der Waals surface area contributed by atoms with Crippen molar-refractivity contribution in [3.8, 4) is 0 Å². The van der Waals surface area contributed by atoms with Crippen LogP contribution in [-0.2, 0) is 28.4 Å². The number of ether oxygens (including phenoxy) is 6. The first-order chi connectivity index (χ1) is 21.0. The SMILES string of the molecule is OC(F)(F)C(F)(F)OC(F)(F)C(F)(F)OC(F)(F)C(F)(F)OC(F)(F)C(F)(F)OC(F)(F)C(F)(F)OC(F)(F)C(F)(F)OC(F)(F)C(O)(F)F. The molecule has 0 saturated heterocycles. The summed E-state index contributed by atoms with van der Waals surface area (Å²) in [6.07, 6.45) is -110. The minimum atomic E-state index is -8.34. The van der Waals surface area contributed by atoms with Gasteiger partial charge in [-0.15, -0.1) is 0 Å². The Morgan fingerprint density at radius 1 is 0.180 bits per heavy atom. The zero-order chi connectivity index (χ0) is 41.2. The van der Waals surface area contributed by atoms with Gasteiger partial charge in [0.15, 0.2) is 0 Å². The van der Waals surface area contributed by atoms with Crippen LogP contribution in [0.4, 0.5) is 123 Å². The molecule has 0 amide bonds. The second-order valence-corrected chi connectivity index (χ2v) is 7.90. The molecule has 302 valence electrons. The van der Waals surface area contributed by atoms with Gasteiger partial charge in [0.2, 0.25) is 0 Å².